The summed E-state index contributed by atoms with van der Waals surface area (Å²) in [4.78, 5) is 34.1. The van der Waals surface area contributed by atoms with Gasteiger partial charge < -0.3 is 9.80 Å². The minimum absolute atomic E-state index is 0.0185. The Kier molecular flexibility index (Phi) is 5.75. The normalized spacial score (nSPS) is 14.9. The maximum Gasteiger partial charge on any atom is 0.264 e. The third-order valence-corrected chi connectivity index (χ3v) is 5.89. The van der Waals surface area contributed by atoms with Crippen molar-refractivity contribution in [2.75, 3.05) is 31.1 Å². The largest absolute Gasteiger partial charge is 0.366 e. The molecule has 0 unspecified atom stereocenters. The van der Waals surface area contributed by atoms with Crippen LogP contribution in [0.1, 0.15) is 33.0 Å². The lowest BCUT2D eigenvalue weighted by atomic mass is 10.1. The average molecular weight is 441 g/mol. The summed E-state index contributed by atoms with van der Waals surface area (Å²) in [5.41, 5.74) is 0.657. The number of anilines is 1. The van der Waals surface area contributed by atoms with Crippen molar-refractivity contribution in [2.24, 2.45) is 0 Å². The summed E-state index contributed by atoms with van der Waals surface area (Å²) in [5.74, 6) is 0.292. The van der Waals surface area contributed by atoms with Crippen molar-refractivity contribution in [3.05, 3.63) is 52.5 Å². The summed E-state index contributed by atoms with van der Waals surface area (Å²) in [5, 5.41) is 4.81. The van der Waals surface area contributed by atoms with E-state index in [4.69, 9.17) is 0 Å². The number of hydrogen-bond donors (Lipinski definition) is 0. The van der Waals surface area contributed by atoms with Gasteiger partial charge in [-0.05, 0) is 39.8 Å². The number of nitrogens with zero attached hydrogens (tertiary/aromatic N) is 6. The Morgan fingerprint density at radius 3 is 2.47 bits per heavy atom. The van der Waals surface area contributed by atoms with Gasteiger partial charge in [0, 0.05) is 39.1 Å². The molecule has 8 nitrogen and oxygen atoms in total. The lowest BCUT2D eigenvalue weighted by molar-refractivity contribution is -0.131. The summed E-state index contributed by atoms with van der Waals surface area (Å²) in [6.07, 6.45) is 1.76. The Labute approximate surface area is 186 Å². The number of rotatable bonds is 4. The van der Waals surface area contributed by atoms with E-state index in [1.807, 2.05) is 31.7 Å². The number of amides is 1. The van der Waals surface area contributed by atoms with Crippen LogP contribution in [0.3, 0.4) is 0 Å². The van der Waals surface area contributed by atoms with Crippen molar-refractivity contribution in [3.63, 3.8) is 0 Å². The number of benzene rings is 1. The number of hydrogen-bond acceptors (Lipinski definition) is 5. The highest BCUT2D eigenvalue weighted by Gasteiger charge is 2.24. The zero-order valence-corrected chi connectivity index (χ0v) is 19.0. The van der Waals surface area contributed by atoms with Crippen LogP contribution < -0.4 is 10.5 Å². The van der Waals surface area contributed by atoms with Crippen molar-refractivity contribution in [3.8, 4) is 0 Å². The predicted octanol–water partition coefficient (Wildman–Crippen LogP) is 2.53. The second kappa shape index (κ2) is 8.37. The van der Waals surface area contributed by atoms with Gasteiger partial charge in [0.2, 0.25) is 5.91 Å². The minimum atomic E-state index is -0.291. The second-order valence-electron chi connectivity index (χ2n) is 9.15. The molecular formula is C23H29FN6O2. The third-order valence-electron chi connectivity index (χ3n) is 5.89. The average Bonchev–Trinajstić information content (AvgIpc) is 3.18. The zero-order valence-electron chi connectivity index (χ0n) is 19.0. The van der Waals surface area contributed by atoms with Crippen LogP contribution in [0.15, 0.2) is 35.3 Å². The number of piperazine rings is 1. The van der Waals surface area contributed by atoms with Gasteiger partial charge in [-0.15, -0.1) is 0 Å². The molecule has 0 spiro atoms. The molecule has 0 atom stereocenters. The van der Waals surface area contributed by atoms with E-state index >= 15 is 0 Å². The summed E-state index contributed by atoms with van der Waals surface area (Å²) in [6, 6.07) is 6.69. The highest BCUT2D eigenvalue weighted by Crippen LogP contribution is 2.21. The van der Waals surface area contributed by atoms with Gasteiger partial charge in [0.25, 0.3) is 5.56 Å². The van der Waals surface area contributed by atoms with Crippen LogP contribution in [-0.2, 0) is 16.9 Å². The SMILES string of the molecule is Cc1nc2c(cnn2C(C)(C)C)c(=O)n1CCC(=O)N1CCN(c2ccccc2F)CC1. The summed E-state index contributed by atoms with van der Waals surface area (Å²) >= 11 is 0. The van der Waals surface area contributed by atoms with E-state index in [-0.39, 0.29) is 35.8 Å². The topological polar surface area (TPSA) is 76.3 Å². The number of aryl methyl sites for hydroxylation is 1. The molecule has 1 fully saturated rings. The van der Waals surface area contributed by atoms with E-state index in [1.165, 1.54) is 6.07 Å². The van der Waals surface area contributed by atoms with Crippen LogP contribution in [0.2, 0.25) is 0 Å². The number of aromatic nitrogens is 4. The molecule has 2 aromatic heterocycles. The molecule has 1 aliphatic heterocycles. The van der Waals surface area contributed by atoms with Gasteiger partial charge in [0.15, 0.2) is 5.65 Å². The van der Waals surface area contributed by atoms with Gasteiger partial charge in [-0.1, -0.05) is 12.1 Å². The predicted molar refractivity (Wildman–Crippen MR) is 121 cm³/mol. The molecule has 3 heterocycles. The number of halogens is 1. The highest BCUT2D eigenvalue weighted by molar-refractivity contribution is 5.77. The van der Waals surface area contributed by atoms with Gasteiger partial charge in [0.1, 0.15) is 17.0 Å². The quantitative estimate of drug-likeness (QED) is 0.623. The van der Waals surface area contributed by atoms with Gasteiger partial charge in [-0.25, -0.2) is 14.1 Å². The fourth-order valence-corrected chi connectivity index (χ4v) is 4.13. The molecule has 1 aromatic carbocycles. The van der Waals surface area contributed by atoms with Crippen LogP contribution in [-0.4, -0.2) is 56.3 Å². The molecule has 0 saturated carbocycles. The Morgan fingerprint density at radius 2 is 1.81 bits per heavy atom. The van der Waals surface area contributed by atoms with Crippen molar-refractivity contribution in [2.45, 2.75) is 46.2 Å². The summed E-state index contributed by atoms with van der Waals surface area (Å²) in [7, 11) is 0. The molecule has 0 N–H and O–H groups in total. The van der Waals surface area contributed by atoms with Crippen LogP contribution >= 0.6 is 0 Å². The first-order chi connectivity index (χ1) is 15.2. The number of para-hydroxylation sites is 1. The van der Waals surface area contributed by atoms with Gasteiger partial charge in [-0.3, -0.25) is 14.2 Å². The molecule has 3 aromatic rings. The molecule has 32 heavy (non-hydrogen) atoms. The fraction of sp³-hybridized carbons (Fsp3) is 0.478. The Balaban J connectivity index is 1.42. The van der Waals surface area contributed by atoms with E-state index < -0.39 is 0 Å². The van der Waals surface area contributed by atoms with E-state index in [9.17, 15) is 14.0 Å². The molecule has 1 amide bonds. The number of carbonyl (C=O) groups excluding carboxylic acids is 1. The van der Waals surface area contributed by atoms with E-state index in [2.05, 4.69) is 10.1 Å². The molecule has 0 bridgehead atoms. The van der Waals surface area contributed by atoms with Crippen molar-refractivity contribution >= 4 is 22.6 Å². The van der Waals surface area contributed by atoms with E-state index in [0.717, 1.165) is 0 Å². The van der Waals surface area contributed by atoms with E-state index in [1.54, 1.807) is 39.4 Å². The molecule has 9 heteroatoms. The second-order valence-corrected chi connectivity index (χ2v) is 9.15. The standard InChI is InChI=1S/C23H29FN6O2/c1-16-26-21-17(15-25-30(21)23(2,3)4)22(32)29(16)10-9-20(31)28-13-11-27(12-14-28)19-8-6-5-7-18(19)24/h5-8,15H,9-14H2,1-4H3. The monoisotopic (exact) mass is 440 g/mol. The third kappa shape index (κ3) is 4.11. The van der Waals surface area contributed by atoms with Gasteiger partial charge >= 0.3 is 0 Å². The van der Waals surface area contributed by atoms with Gasteiger partial charge in [0.05, 0.1) is 17.4 Å². The Morgan fingerprint density at radius 1 is 1.12 bits per heavy atom. The zero-order chi connectivity index (χ0) is 23.0. The molecule has 1 aliphatic rings. The van der Waals surface area contributed by atoms with Crippen LogP contribution in [0.5, 0.6) is 0 Å². The van der Waals surface area contributed by atoms with E-state index in [0.29, 0.717) is 48.7 Å². The first-order valence-electron chi connectivity index (χ1n) is 10.9. The minimum Gasteiger partial charge on any atom is -0.366 e. The molecular weight excluding hydrogens is 411 g/mol. The maximum absolute atomic E-state index is 14.0. The fourth-order valence-electron chi connectivity index (χ4n) is 4.13. The lowest BCUT2D eigenvalue weighted by Gasteiger charge is -2.36. The highest BCUT2D eigenvalue weighted by atomic mass is 19.1. The Bertz CT molecular complexity index is 1200. The summed E-state index contributed by atoms with van der Waals surface area (Å²) in [6.45, 7) is 10.3. The first kappa shape index (κ1) is 22.0. The van der Waals surface area contributed by atoms with Gasteiger partial charge in [-0.2, -0.15) is 5.10 Å². The van der Waals surface area contributed by atoms with Crippen LogP contribution in [0.4, 0.5) is 10.1 Å². The number of fused-ring (bicyclic) bond motifs is 1. The number of carbonyl (C=O) groups is 1. The van der Waals surface area contributed by atoms with Crippen LogP contribution in [0, 0.1) is 12.7 Å². The maximum atomic E-state index is 14.0. The Hall–Kier alpha value is -3.23. The lowest BCUT2D eigenvalue weighted by Crippen LogP contribution is -2.49. The molecule has 4 rings (SSSR count). The van der Waals surface area contributed by atoms with Crippen molar-refractivity contribution in [1.29, 1.82) is 0 Å². The van der Waals surface area contributed by atoms with Crippen LogP contribution in [0.25, 0.3) is 11.0 Å². The first-order valence-corrected chi connectivity index (χ1v) is 10.9. The van der Waals surface area contributed by atoms with Crippen molar-refractivity contribution < 1.29 is 9.18 Å². The molecule has 1 saturated heterocycles. The summed E-state index contributed by atoms with van der Waals surface area (Å²) < 4.78 is 17.3. The molecule has 170 valence electrons. The molecule has 0 aliphatic carbocycles. The smallest absolute Gasteiger partial charge is 0.264 e. The van der Waals surface area contributed by atoms with Crippen molar-refractivity contribution in [1.82, 2.24) is 24.2 Å². The molecule has 0 radical (unpaired) electrons.